The van der Waals surface area contributed by atoms with Gasteiger partial charge in [-0.1, -0.05) is 18.2 Å². The van der Waals surface area contributed by atoms with Crippen molar-refractivity contribution in [3.05, 3.63) is 53.8 Å². The van der Waals surface area contributed by atoms with Crippen molar-refractivity contribution in [2.24, 2.45) is 5.73 Å². The lowest BCUT2D eigenvalue weighted by Gasteiger charge is -2.35. The number of hydrogen-bond acceptors (Lipinski definition) is 4. The number of rotatable bonds is 3. The Morgan fingerprint density at radius 2 is 2.11 bits per heavy atom. The van der Waals surface area contributed by atoms with Gasteiger partial charge in [0.05, 0.1) is 13.0 Å². The van der Waals surface area contributed by atoms with Gasteiger partial charge in [0.25, 0.3) is 0 Å². The van der Waals surface area contributed by atoms with E-state index in [9.17, 15) is 5.11 Å². The molecule has 4 nitrogen and oxygen atoms in total. The van der Waals surface area contributed by atoms with E-state index in [2.05, 4.69) is 0 Å². The lowest BCUT2D eigenvalue weighted by molar-refractivity contribution is -0.157. The molecule has 0 fully saturated rings. The first kappa shape index (κ1) is 12.7. The highest BCUT2D eigenvalue weighted by molar-refractivity contribution is 5.41. The Balaban J connectivity index is 2.46. The van der Waals surface area contributed by atoms with Gasteiger partial charge in [-0.3, -0.25) is 0 Å². The van der Waals surface area contributed by atoms with Crippen LogP contribution in [0.4, 0.5) is 0 Å². The summed E-state index contributed by atoms with van der Waals surface area (Å²) in [7, 11) is 3.05. The van der Waals surface area contributed by atoms with Crippen LogP contribution in [-0.2, 0) is 4.74 Å². The molecule has 1 aromatic carbocycles. The van der Waals surface area contributed by atoms with Gasteiger partial charge in [-0.25, -0.2) is 0 Å². The van der Waals surface area contributed by atoms with Crippen LogP contribution in [0.2, 0.25) is 0 Å². The third-order valence-electron chi connectivity index (χ3n) is 3.12. The Kier molecular flexibility index (Phi) is 3.41. The van der Waals surface area contributed by atoms with E-state index in [0.29, 0.717) is 11.4 Å². The Morgan fingerprint density at radius 1 is 1.33 bits per heavy atom. The first-order valence-electron chi connectivity index (χ1n) is 5.67. The van der Waals surface area contributed by atoms with Crippen LogP contribution >= 0.6 is 0 Å². The molecule has 4 heteroatoms. The van der Waals surface area contributed by atoms with Crippen LogP contribution in [0.5, 0.6) is 5.75 Å². The lowest BCUT2D eigenvalue weighted by atomic mass is 9.84. The van der Waals surface area contributed by atoms with Crippen LogP contribution in [0.1, 0.15) is 11.5 Å². The highest BCUT2D eigenvalue weighted by Crippen LogP contribution is 2.38. The van der Waals surface area contributed by atoms with Crippen molar-refractivity contribution >= 4 is 0 Å². The number of methoxy groups -OCH3 is 2. The molecule has 0 radical (unpaired) electrons. The molecule has 1 aliphatic rings. The molecule has 2 rings (SSSR count). The van der Waals surface area contributed by atoms with Gasteiger partial charge in [-0.05, 0) is 29.8 Å². The molecule has 0 heterocycles. The first-order chi connectivity index (χ1) is 8.60. The Labute approximate surface area is 106 Å². The molecule has 0 aromatic heterocycles. The van der Waals surface area contributed by atoms with Crippen LogP contribution in [-0.4, -0.2) is 25.1 Å². The second-order valence-electron chi connectivity index (χ2n) is 4.19. The highest BCUT2D eigenvalue weighted by Gasteiger charge is 2.39. The zero-order valence-corrected chi connectivity index (χ0v) is 10.5. The largest absolute Gasteiger partial charge is 0.497 e. The monoisotopic (exact) mass is 247 g/mol. The molecule has 0 aliphatic heterocycles. The minimum atomic E-state index is -1.43. The van der Waals surface area contributed by atoms with Crippen LogP contribution < -0.4 is 10.5 Å². The van der Waals surface area contributed by atoms with Crippen LogP contribution in [0.15, 0.2) is 48.2 Å². The van der Waals surface area contributed by atoms with Crippen molar-refractivity contribution in [3.63, 3.8) is 0 Å². The van der Waals surface area contributed by atoms with Gasteiger partial charge in [0.15, 0.2) is 5.79 Å². The quantitative estimate of drug-likeness (QED) is 0.795. The summed E-state index contributed by atoms with van der Waals surface area (Å²) in [4.78, 5) is 0. The summed E-state index contributed by atoms with van der Waals surface area (Å²) in [5.74, 6) is -1.15. The maximum absolute atomic E-state index is 10.5. The lowest BCUT2D eigenvalue weighted by Crippen LogP contribution is -2.40. The number of benzene rings is 1. The van der Waals surface area contributed by atoms with Gasteiger partial charge >= 0.3 is 0 Å². The van der Waals surface area contributed by atoms with Gasteiger partial charge in [0.2, 0.25) is 0 Å². The van der Waals surface area contributed by atoms with Crippen molar-refractivity contribution in [2.75, 3.05) is 14.2 Å². The predicted molar refractivity (Wildman–Crippen MR) is 69.1 cm³/mol. The summed E-state index contributed by atoms with van der Waals surface area (Å²) < 4.78 is 10.4. The number of hydrogen-bond donors (Lipinski definition) is 2. The Hall–Kier alpha value is -1.78. The van der Waals surface area contributed by atoms with Crippen LogP contribution in [0.25, 0.3) is 0 Å². The zero-order chi connectivity index (χ0) is 13.2. The van der Waals surface area contributed by atoms with Crippen molar-refractivity contribution in [2.45, 2.75) is 11.7 Å². The zero-order valence-electron chi connectivity index (χ0n) is 10.5. The molecule has 0 amide bonds. The molecule has 0 saturated carbocycles. The van der Waals surface area contributed by atoms with E-state index in [1.54, 1.807) is 25.3 Å². The van der Waals surface area contributed by atoms with Crippen molar-refractivity contribution in [1.82, 2.24) is 0 Å². The van der Waals surface area contributed by atoms with Gasteiger partial charge in [0, 0.05) is 12.8 Å². The minimum Gasteiger partial charge on any atom is -0.497 e. The molecule has 1 aliphatic carbocycles. The van der Waals surface area contributed by atoms with E-state index in [4.69, 9.17) is 15.2 Å². The fourth-order valence-electron chi connectivity index (χ4n) is 2.17. The van der Waals surface area contributed by atoms with Crippen molar-refractivity contribution in [1.29, 1.82) is 0 Å². The summed E-state index contributed by atoms with van der Waals surface area (Å²) in [6, 6.07) is 7.43. The first-order valence-corrected chi connectivity index (χ1v) is 5.67. The smallest absolute Gasteiger partial charge is 0.197 e. The average Bonchev–Trinajstić information content (AvgIpc) is 2.39. The fourth-order valence-corrected chi connectivity index (χ4v) is 2.17. The van der Waals surface area contributed by atoms with E-state index >= 15 is 0 Å². The van der Waals surface area contributed by atoms with Crippen LogP contribution in [0, 0.1) is 0 Å². The number of aliphatic hydroxyl groups is 1. The fraction of sp³-hybridized carbons (Fsp3) is 0.286. The van der Waals surface area contributed by atoms with Crippen molar-refractivity contribution < 1.29 is 14.6 Å². The Morgan fingerprint density at radius 3 is 2.78 bits per heavy atom. The number of nitrogens with two attached hydrogens (primary N) is 1. The number of ether oxygens (including phenoxy) is 2. The second-order valence-corrected chi connectivity index (χ2v) is 4.19. The van der Waals surface area contributed by atoms with Gasteiger partial charge in [-0.2, -0.15) is 0 Å². The van der Waals surface area contributed by atoms with Gasteiger partial charge in [0.1, 0.15) is 5.75 Å². The van der Waals surface area contributed by atoms with E-state index < -0.39 is 11.7 Å². The molecule has 96 valence electrons. The maximum Gasteiger partial charge on any atom is 0.197 e. The topological polar surface area (TPSA) is 64.7 Å². The molecule has 0 bridgehead atoms. The Bertz CT molecular complexity index is 496. The predicted octanol–water partition coefficient (Wildman–Crippen LogP) is 1.53. The van der Waals surface area contributed by atoms with E-state index in [-0.39, 0.29) is 0 Å². The van der Waals surface area contributed by atoms with Crippen molar-refractivity contribution in [3.8, 4) is 5.75 Å². The van der Waals surface area contributed by atoms with Gasteiger partial charge in [-0.15, -0.1) is 0 Å². The van der Waals surface area contributed by atoms with E-state index in [0.717, 1.165) is 5.56 Å². The van der Waals surface area contributed by atoms with E-state index in [1.807, 2.05) is 24.3 Å². The molecule has 2 unspecified atom stereocenters. The number of allylic oxidation sites excluding steroid dienone is 2. The summed E-state index contributed by atoms with van der Waals surface area (Å²) in [6.07, 6.45) is 5.04. The molecule has 18 heavy (non-hydrogen) atoms. The summed E-state index contributed by atoms with van der Waals surface area (Å²) >= 11 is 0. The average molecular weight is 247 g/mol. The summed E-state index contributed by atoms with van der Waals surface area (Å²) in [6.45, 7) is 0. The minimum absolute atomic E-state index is 0.442. The molecular weight excluding hydrogens is 230 g/mol. The SMILES string of the molecule is COc1cccc(C2C(N)=CC=CC2(O)OC)c1. The maximum atomic E-state index is 10.5. The van der Waals surface area contributed by atoms with Gasteiger partial charge < -0.3 is 20.3 Å². The van der Waals surface area contributed by atoms with E-state index in [1.165, 1.54) is 7.11 Å². The van der Waals surface area contributed by atoms with Crippen LogP contribution in [0.3, 0.4) is 0 Å². The standard InChI is InChI=1S/C14H17NO3/c1-17-11-6-3-5-10(9-11)13-12(15)7-4-8-14(13,16)18-2/h3-9,13,16H,15H2,1-2H3. The second kappa shape index (κ2) is 4.84. The summed E-state index contributed by atoms with van der Waals surface area (Å²) in [5, 5.41) is 10.5. The molecule has 0 saturated heterocycles. The molecule has 3 N–H and O–H groups in total. The molecular formula is C14H17NO3. The molecule has 0 spiro atoms. The third kappa shape index (κ3) is 2.12. The normalized spacial score (nSPS) is 26.8. The third-order valence-corrected chi connectivity index (χ3v) is 3.12. The summed E-state index contributed by atoms with van der Waals surface area (Å²) in [5.41, 5.74) is 7.38. The molecule has 2 atom stereocenters. The molecule has 1 aromatic rings. The highest BCUT2D eigenvalue weighted by atomic mass is 16.6.